The van der Waals surface area contributed by atoms with Gasteiger partial charge in [0.2, 0.25) is 11.7 Å². The SMILES string of the molecule is CCCC(OCC)c1noc(CC2CNCCO2)n1. The molecule has 108 valence electrons. The monoisotopic (exact) mass is 269 g/mol. The lowest BCUT2D eigenvalue weighted by molar-refractivity contribution is 0.0246. The first-order valence-electron chi connectivity index (χ1n) is 7.09. The second-order valence-corrected chi connectivity index (χ2v) is 4.68. The Labute approximate surface area is 113 Å². The molecule has 2 heterocycles. The van der Waals surface area contributed by atoms with E-state index in [1.165, 1.54) is 0 Å². The Morgan fingerprint density at radius 2 is 2.37 bits per heavy atom. The smallest absolute Gasteiger partial charge is 0.229 e. The van der Waals surface area contributed by atoms with Gasteiger partial charge in [0.1, 0.15) is 6.10 Å². The van der Waals surface area contributed by atoms with Crippen LogP contribution in [0.25, 0.3) is 0 Å². The van der Waals surface area contributed by atoms with Gasteiger partial charge in [-0.1, -0.05) is 18.5 Å². The molecule has 2 unspecified atom stereocenters. The van der Waals surface area contributed by atoms with Crippen LogP contribution in [-0.4, -0.2) is 42.5 Å². The third-order valence-corrected chi connectivity index (χ3v) is 3.10. The van der Waals surface area contributed by atoms with E-state index >= 15 is 0 Å². The molecule has 2 atom stereocenters. The quantitative estimate of drug-likeness (QED) is 0.808. The minimum atomic E-state index is -0.0575. The molecule has 1 saturated heterocycles. The van der Waals surface area contributed by atoms with Crippen LogP contribution in [0.4, 0.5) is 0 Å². The number of aromatic nitrogens is 2. The van der Waals surface area contributed by atoms with Crippen LogP contribution in [0.15, 0.2) is 4.52 Å². The van der Waals surface area contributed by atoms with E-state index in [1.54, 1.807) is 0 Å². The topological polar surface area (TPSA) is 69.4 Å². The highest BCUT2D eigenvalue weighted by molar-refractivity contribution is 4.93. The van der Waals surface area contributed by atoms with E-state index in [1.807, 2.05) is 6.92 Å². The van der Waals surface area contributed by atoms with E-state index in [9.17, 15) is 0 Å². The summed E-state index contributed by atoms with van der Waals surface area (Å²) in [6.45, 7) is 7.24. The van der Waals surface area contributed by atoms with Crippen molar-refractivity contribution in [2.24, 2.45) is 0 Å². The Morgan fingerprint density at radius 1 is 1.47 bits per heavy atom. The van der Waals surface area contributed by atoms with Crippen molar-refractivity contribution in [3.63, 3.8) is 0 Å². The number of hydrogen-bond donors (Lipinski definition) is 1. The zero-order valence-electron chi connectivity index (χ0n) is 11.7. The molecule has 0 bridgehead atoms. The fourth-order valence-electron chi connectivity index (χ4n) is 2.18. The number of nitrogens with one attached hydrogen (secondary N) is 1. The van der Waals surface area contributed by atoms with Crippen LogP contribution in [0, 0.1) is 0 Å². The maximum Gasteiger partial charge on any atom is 0.229 e. The van der Waals surface area contributed by atoms with E-state index in [0.29, 0.717) is 24.7 Å². The summed E-state index contributed by atoms with van der Waals surface area (Å²) in [4.78, 5) is 4.43. The molecule has 0 saturated carbocycles. The zero-order valence-corrected chi connectivity index (χ0v) is 11.7. The molecule has 1 aliphatic rings. The van der Waals surface area contributed by atoms with Crippen LogP contribution in [0.5, 0.6) is 0 Å². The van der Waals surface area contributed by atoms with Crippen LogP contribution >= 0.6 is 0 Å². The fourth-order valence-corrected chi connectivity index (χ4v) is 2.18. The molecule has 0 spiro atoms. The van der Waals surface area contributed by atoms with Gasteiger partial charge in [-0.05, 0) is 13.3 Å². The van der Waals surface area contributed by atoms with Crippen molar-refractivity contribution < 1.29 is 14.0 Å². The van der Waals surface area contributed by atoms with E-state index in [2.05, 4.69) is 22.4 Å². The maximum atomic E-state index is 5.64. The first-order chi connectivity index (χ1) is 9.33. The van der Waals surface area contributed by atoms with Crippen LogP contribution in [-0.2, 0) is 15.9 Å². The molecule has 1 aromatic rings. The summed E-state index contributed by atoms with van der Waals surface area (Å²) < 4.78 is 16.6. The summed E-state index contributed by atoms with van der Waals surface area (Å²) in [6, 6.07) is 0. The normalized spacial score (nSPS) is 21.5. The third-order valence-electron chi connectivity index (χ3n) is 3.10. The fraction of sp³-hybridized carbons (Fsp3) is 0.846. The standard InChI is InChI=1S/C13H23N3O3/c1-3-5-11(17-4-2)13-15-12(19-16-13)8-10-9-14-6-7-18-10/h10-11,14H,3-9H2,1-2H3. The van der Waals surface area contributed by atoms with Crippen molar-refractivity contribution in [1.29, 1.82) is 0 Å². The van der Waals surface area contributed by atoms with E-state index < -0.39 is 0 Å². The molecule has 1 fully saturated rings. The van der Waals surface area contributed by atoms with Crippen molar-refractivity contribution in [1.82, 2.24) is 15.5 Å². The van der Waals surface area contributed by atoms with Gasteiger partial charge in [0.25, 0.3) is 0 Å². The van der Waals surface area contributed by atoms with Crippen molar-refractivity contribution in [2.45, 2.75) is 45.3 Å². The number of hydrogen-bond acceptors (Lipinski definition) is 6. The average molecular weight is 269 g/mol. The number of nitrogens with zero attached hydrogens (tertiary/aromatic N) is 2. The summed E-state index contributed by atoms with van der Waals surface area (Å²) in [6.07, 6.45) is 2.67. The minimum absolute atomic E-state index is 0.0575. The predicted octanol–water partition coefficient (Wildman–Crippen LogP) is 1.48. The molecule has 0 amide bonds. The maximum absolute atomic E-state index is 5.64. The van der Waals surface area contributed by atoms with Gasteiger partial charge in [0, 0.05) is 19.7 Å². The lowest BCUT2D eigenvalue weighted by Crippen LogP contribution is -2.39. The molecule has 0 aliphatic carbocycles. The molecule has 0 radical (unpaired) electrons. The second kappa shape index (κ2) is 7.57. The van der Waals surface area contributed by atoms with Crippen LogP contribution in [0.1, 0.15) is 44.5 Å². The molecular weight excluding hydrogens is 246 g/mol. The van der Waals surface area contributed by atoms with Crippen molar-refractivity contribution >= 4 is 0 Å². The van der Waals surface area contributed by atoms with Gasteiger partial charge in [-0.25, -0.2) is 0 Å². The Balaban J connectivity index is 1.92. The average Bonchev–Trinajstić information content (AvgIpc) is 2.88. The third kappa shape index (κ3) is 4.26. The Morgan fingerprint density at radius 3 is 3.05 bits per heavy atom. The minimum Gasteiger partial charge on any atom is -0.375 e. The molecular formula is C13H23N3O3. The van der Waals surface area contributed by atoms with Crippen molar-refractivity contribution in [3.8, 4) is 0 Å². The van der Waals surface area contributed by atoms with Gasteiger partial charge < -0.3 is 19.3 Å². The lowest BCUT2D eigenvalue weighted by Gasteiger charge is -2.21. The zero-order chi connectivity index (χ0) is 13.5. The van der Waals surface area contributed by atoms with Gasteiger partial charge in [0.05, 0.1) is 19.1 Å². The Hall–Kier alpha value is -0.980. The molecule has 1 aliphatic heterocycles. The summed E-state index contributed by atoms with van der Waals surface area (Å²) in [5.74, 6) is 1.28. The van der Waals surface area contributed by atoms with Crippen molar-refractivity contribution in [3.05, 3.63) is 11.7 Å². The Kier molecular flexibility index (Phi) is 5.75. The lowest BCUT2D eigenvalue weighted by atomic mass is 10.2. The van der Waals surface area contributed by atoms with E-state index in [4.69, 9.17) is 14.0 Å². The van der Waals surface area contributed by atoms with Gasteiger partial charge in [-0.2, -0.15) is 4.98 Å². The van der Waals surface area contributed by atoms with E-state index in [0.717, 1.165) is 32.5 Å². The first-order valence-corrected chi connectivity index (χ1v) is 7.09. The number of rotatable bonds is 7. The number of morpholine rings is 1. The second-order valence-electron chi connectivity index (χ2n) is 4.68. The molecule has 6 heteroatoms. The highest BCUT2D eigenvalue weighted by Crippen LogP contribution is 2.20. The Bertz CT molecular complexity index is 358. The van der Waals surface area contributed by atoms with Crippen LogP contribution < -0.4 is 5.32 Å². The van der Waals surface area contributed by atoms with Gasteiger partial charge in [0.15, 0.2) is 0 Å². The van der Waals surface area contributed by atoms with E-state index in [-0.39, 0.29) is 12.2 Å². The highest BCUT2D eigenvalue weighted by Gasteiger charge is 2.21. The largest absolute Gasteiger partial charge is 0.375 e. The molecule has 19 heavy (non-hydrogen) atoms. The summed E-state index contributed by atoms with van der Waals surface area (Å²) in [5, 5.41) is 7.32. The van der Waals surface area contributed by atoms with Gasteiger partial charge >= 0.3 is 0 Å². The molecule has 6 nitrogen and oxygen atoms in total. The summed E-state index contributed by atoms with van der Waals surface area (Å²) in [5.41, 5.74) is 0. The van der Waals surface area contributed by atoms with Crippen LogP contribution in [0.3, 0.4) is 0 Å². The molecule has 1 aromatic heterocycles. The van der Waals surface area contributed by atoms with Gasteiger partial charge in [-0.15, -0.1) is 0 Å². The van der Waals surface area contributed by atoms with Crippen LogP contribution in [0.2, 0.25) is 0 Å². The predicted molar refractivity (Wildman–Crippen MR) is 69.9 cm³/mol. The molecule has 0 aromatic carbocycles. The van der Waals surface area contributed by atoms with Crippen molar-refractivity contribution in [2.75, 3.05) is 26.3 Å². The first kappa shape index (κ1) is 14.4. The molecule has 1 N–H and O–H groups in total. The highest BCUT2D eigenvalue weighted by atomic mass is 16.5. The molecule has 2 rings (SSSR count). The summed E-state index contributed by atoms with van der Waals surface area (Å²) >= 11 is 0. The van der Waals surface area contributed by atoms with Gasteiger partial charge in [-0.3, -0.25) is 0 Å². The number of ether oxygens (including phenoxy) is 2. The summed E-state index contributed by atoms with van der Waals surface area (Å²) in [7, 11) is 0.